The third-order valence-electron chi connectivity index (χ3n) is 1.59. The van der Waals surface area contributed by atoms with E-state index >= 15 is 0 Å². The molecule has 1 aliphatic carbocycles. The van der Waals surface area contributed by atoms with Crippen molar-refractivity contribution in [2.75, 3.05) is 0 Å². The van der Waals surface area contributed by atoms with E-state index in [9.17, 15) is 8.78 Å². The second-order valence-corrected chi connectivity index (χ2v) is 2.41. The lowest BCUT2D eigenvalue weighted by Gasteiger charge is -1.95. The van der Waals surface area contributed by atoms with Gasteiger partial charge in [-0.15, -0.1) is 0 Å². The smallest absolute Gasteiger partial charge is 0.263 e. The first kappa shape index (κ1) is 5.82. The van der Waals surface area contributed by atoms with Crippen LogP contribution in [0.1, 0.15) is 12.5 Å². The molecular weight excluding hydrogens is 138 g/mol. The summed E-state index contributed by atoms with van der Waals surface area (Å²) < 4.78 is 25.8. The Labute approximate surface area is 56.5 Å². The molecule has 1 saturated carbocycles. The quantitative estimate of drug-likeness (QED) is 0.578. The van der Waals surface area contributed by atoms with Gasteiger partial charge in [0.1, 0.15) is 12.2 Å². The van der Waals surface area contributed by atoms with Crippen molar-refractivity contribution in [2.24, 2.45) is 0 Å². The second-order valence-electron chi connectivity index (χ2n) is 2.41. The van der Waals surface area contributed by atoms with Gasteiger partial charge in [0.2, 0.25) is 0 Å². The molecule has 0 saturated heterocycles. The van der Waals surface area contributed by atoms with Crippen LogP contribution in [0, 0.1) is 6.20 Å². The van der Waals surface area contributed by atoms with Gasteiger partial charge in [-0.25, -0.2) is 8.78 Å². The predicted octanol–water partition coefficient (Wildman–Crippen LogP) is 1.26. The van der Waals surface area contributed by atoms with Gasteiger partial charge in [-0.3, -0.25) is 4.68 Å². The van der Waals surface area contributed by atoms with Crippen LogP contribution in [0.4, 0.5) is 8.78 Å². The molecule has 1 aromatic rings. The number of aromatic nitrogens is 2. The minimum Gasteiger partial charge on any atom is -0.263 e. The maximum atomic E-state index is 12.3. The molecule has 53 valence electrons. The molecule has 1 atom stereocenters. The molecule has 1 unspecified atom stereocenters. The van der Waals surface area contributed by atoms with Crippen LogP contribution in [0.2, 0.25) is 0 Å². The van der Waals surface area contributed by atoms with Crippen molar-refractivity contribution >= 4 is 0 Å². The normalized spacial score (nSPS) is 28.4. The van der Waals surface area contributed by atoms with Gasteiger partial charge in [-0.05, 0) is 6.07 Å². The first-order valence-corrected chi connectivity index (χ1v) is 2.99. The average molecular weight is 143 g/mol. The number of halogens is 2. The number of alkyl halides is 2. The fourth-order valence-corrected chi connectivity index (χ4v) is 0.903. The van der Waals surface area contributed by atoms with Crippen LogP contribution in [0.3, 0.4) is 0 Å². The Morgan fingerprint density at radius 3 is 2.80 bits per heavy atom. The Balaban J connectivity index is 2.19. The topological polar surface area (TPSA) is 17.8 Å². The van der Waals surface area contributed by atoms with Crippen molar-refractivity contribution in [1.82, 2.24) is 9.78 Å². The van der Waals surface area contributed by atoms with Crippen LogP contribution < -0.4 is 0 Å². The number of hydrogen-bond donors (Lipinski definition) is 0. The van der Waals surface area contributed by atoms with E-state index in [-0.39, 0.29) is 6.42 Å². The van der Waals surface area contributed by atoms with Crippen molar-refractivity contribution in [3.63, 3.8) is 0 Å². The van der Waals surface area contributed by atoms with E-state index in [2.05, 4.69) is 11.3 Å². The molecule has 1 heterocycles. The van der Waals surface area contributed by atoms with Crippen LogP contribution in [-0.4, -0.2) is 15.7 Å². The minimum atomic E-state index is -2.53. The Hall–Kier alpha value is -0.930. The number of hydrogen-bond acceptors (Lipinski definition) is 1. The zero-order valence-corrected chi connectivity index (χ0v) is 5.09. The molecule has 0 amide bonds. The summed E-state index contributed by atoms with van der Waals surface area (Å²) in [6, 6.07) is 0.813. The minimum absolute atomic E-state index is 0.0808. The van der Waals surface area contributed by atoms with Crippen molar-refractivity contribution < 1.29 is 8.78 Å². The van der Waals surface area contributed by atoms with Crippen LogP contribution >= 0.6 is 0 Å². The van der Waals surface area contributed by atoms with Crippen molar-refractivity contribution in [2.45, 2.75) is 18.4 Å². The highest BCUT2D eigenvalue weighted by Gasteiger charge is 2.58. The average Bonchev–Trinajstić information content (AvgIpc) is 2.31. The molecule has 0 N–H and O–H groups in total. The van der Waals surface area contributed by atoms with Gasteiger partial charge in [-0.1, -0.05) is 0 Å². The summed E-state index contributed by atoms with van der Waals surface area (Å²) in [5.74, 6) is -2.53. The highest BCUT2D eigenvalue weighted by molar-refractivity contribution is 5.00. The largest absolute Gasteiger partial charge is 0.272 e. The Bertz CT molecular complexity index is 230. The van der Waals surface area contributed by atoms with Gasteiger partial charge in [0.25, 0.3) is 5.92 Å². The first-order valence-electron chi connectivity index (χ1n) is 2.99. The molecular formula is C6H5F2N2. The highest BCUT2D eigenvalue weighted by Crippen LogP contribution is 2.51. The van der Waals surface area contributed by atoms with E-state index in [1.807, 2.05) is 0 Å². The Kier molecular flexibility index (Phi) is 0.910. The summed E-state index contributed by atoms with van der Waals surface area (Å²) in [4.78, 5) is 0. The SMILES string of the molecule is FC1(F)CC1n1cc[c]n1. The van der Waals surface area contributed by atoms with Gasteiger partial charge in [0, 0.05) is 12.6 Å². The lowest BCUT2D eigenvalue weighted by atomic mass is 10.6. The standard InChI is InChI=1S/C6H5F2N2/c7-6(8)4-5(6)10-3-1-2-9-10/h1,3,5H,4H2. The molecule has 0 aliphatic heterocycles. The molecule has 4 heteroatoms. The monoisotopic (exact) mass is 143 g/mol. The van der Waals surface area contributed by atoms with E-state index in [0.717, 1.165) is 0 Å². The summed E-state index contributed by atoms with van der Waals surface area (Å²) in [6.07, 6.45) is 3.89. The maximum Gasteiger partial charge on any atom is 0.272 e. The lowest BCUT2D eigenvalue weighted by molar-refractivity contribution is 0.0983. The molecule has 10 heavy (non-hydrogen) atoms. The fraction of sp³-hybridized carbons (Fsp3) is 0.500. The van der Waals surface area contributed by atoms with Gasteiger partial charge in [0.15, 0.2) is 0 Å². The Morgan fingerprint density at radius 1 is 1.70 bits per heavy atom. The third-order valence-corrected chi connectivity index (χ3v) is 1.59. The highest BCUT2D eigenvalue weighted by atomic mass is 19.3. The van der Waals surface area contributed by atoms with Crippen molar-refractivity contribution in [3.8, 4) is 0 Å². The van der Waals surface area contributed by atoms with Crippen molar-refractivity contribution in [1.29, 1.82) is 0 Å². The summed E-state index contributed by atoms with van der Waals surface area (Å²) in [6.45, 7) is 0. The van der Waals surface area contributed by atoms with E-state index in [1.54, 1.807) is 0 Å². The molecule has 1 aliphatic rings. The summed E-state index contributed by atoms with van der Waals surface area (Å²) in [5.41, 5.74) is 0. The molecule has 2 rings (SSSR count). The second kappa shape index (κ2) is 1.56. The third kappa shape index (κ3) is 0.716. The van der Waals surface area contributed by atoms with Crippen LogP contribution in [0.25, 0.3) is 0 Å². The lowest BCUT2D eigenvalue weighted by Crippen LogP contribution is -2.01. The number of nitrogens with zero attached hydrogens (tertiary/aromatic N) is 2. The molecule has 2 nitrogen and oxygen atoms in total. The molecule has 1 fully saturated rings. The first-order chi connectivity index (χ1) is 4.70. The maximum absolute atomic E-state index is 12.3. The van der Waals surface area contributed by atoms with Gasteiger partial charge in [0.05, 0.1) is 0 Å². The molecule has 1 radical (unpaired) electrons. The van der Waals surface area contributed by atoms with E-state index in [1.165, 1.54) is 16.9 Å². The zero-order valence-electron chi connectivity index (χ0n) is 5.09. The Morgan fingerprint density at radius 2 is 2.40 bits per heavy atom. The van der Waals surface area contributed by atoms with E-state index in [0.29, 0.717) is 0 Å². The van der Waals surface area contributed by atoms with Gasteiger partial charge < -0.3 is 0 Å². The van der Waals surface area contributed by atoms with Crippen LogP contribution in [-0.2, 0) is 0 Å². The number of rotatable bonds is 1. The summed E-state index contributed by atoms with van der Waals surface area (Å²) in [5, 5.41) is 3.59. The molecule has 0 aromatic carbocycles. The zero-order chi connectivity index (χ0) is 7.19. The molecule has 0 spiro atoms. The fourth-order valence-electron chi connectivity index (χ4n) is 0.903. The summed E-state index contributed by atoms with van der Waals surface area (Å²) in [7, 11) is 0. The van der Waals surface area contributed by atoms with Crippen molar-refractivity contribution in [3.05, 3.63) is 18.5 Å². The molecule has 1 aromatic heterocycles. The van der Waals surface area contributed by atoms with E-state index in [4.69, 9.17) is 0 Å². The summed E-state index contributed by atoms with van der Waals surface area (Å²) >= 11 is 0. The van der Waals surface area contributed by atoms with Crippen LogP contribution in [0.15, 0.2) is 12.3 Å². The van der Waals surface area contributed by atoms with Gasteiger partial charge >= 0.3 is 0 Å². The van der Waals surface area contributed by atoms with Crippen LogP contribution in [0.5, 0.6) is 0 Å². The molecule has 0 bridgehead atoms. The van der Waals surface area contributed by atoms with E-state index < -0.39 is 12.0 Å². The van der Waals surface area contributed by atoms with Gasteiger partial charge in [-0.2, -0.15) is 5.10 Å². The predicted molar refractivity (Wildman–Crippen MR) is 29.7 cm³/mol.